The largest absolute Gasteiger partial charge is 0.444 e. The lowest BCUT2D eigenvalue weighted by Crippen LogP contribution is -2.49. The van der Waals surface area contributed by atoms with Gasteiger partial charge in [-0.15, -0.1) is 0 Å². The van der Waals surface area contributed by atoms with Crippen LogP contribution in [0, 0.1) is 13.8 Å². The van der Waals surface area contributed by atoms with Crippen LogP contribution in [0.25, 0.3) is 0 Å². The van der Waals surface area contributed by atoms with E-state index in [0.29, 0.717) is 6.54 Å². The predicted molar refractivity (Wildman–Crippen MR) is 123 cm³/mol. The van der Waals surface area contributed by atoms with E-state index < -0.39 is 17.7 Å². The van der Waals surface area contributed by atoms with Crippen molar-refractivity contribution in [2.45, 2.75) is 85.9 Å². The van der Waals surface area contributed by atoms with Gasteiger partial charge in [0.2, 0.25) is 11.8 Å². The minimum absolute atomic E-state index is 0.0673. The Balaban J connectivity index is 3.26. The first-order valence-electron chi connectivity index (χ1n) is 11.0. The molecular weight excluding hydrogens is 394 g/mol. The van der Waals surface area contributed by atoms with Crippen molar-refractivity contribution in [2.75, 3.05) is 13.1 Å². The van der Waals surface area contributed by atoms with E-state index in [1.165, 1.54) is 0 Å². The van der Waals surface area contributed by atoms with E-state index in [1.54, 1.807) is 25.7 Å². The fourth-order valence-corrected chi connectivity index (χ4v) is 3.34. The van der Waals surface area contributed by atoms with Gasteiger partial charge in [0.05, 0.1) is 0 Å². The minimum Gasteiger partial charge on any atom is -0.444 e. The monoisotopic (exact) mass is 433 g/mol. The molecule has 1 aromatic rings. The number of carbonyl (C=O) groups excluding carboxylic acids is 3. The highest BCUT2D eigenvalue weighted by Gasteiger charge is 2.33. The molecule has 0 aromatic heterocycles. The van der Waals surface area contributed by atoms with E-state index >= 15 is 0 Å². The Morgan fingerprint density at radius 1 is 1.10 bits per heavy atom. The van der Waals surface area contributed by atoms with Crippen LogP contribution in [0.4, 0.5) is 4.79 Å². The van der Waals surface area contributed by atoms with Crippen LogP contribution in [-0.4, -0.2) is 47.5 Å². The maximum Gasteiger partial charge on any atom is 0.408 e. The maximum atomic E-state index is 13.3. The summed E-state index contributed by atoms with van der Waals surface area (Å²) in [4.78, 5) is 40.1. The van der Waals surface area contributed by atoms with Crippen molar-refractivity contribution in [1.82, 2.24) is 15.5 Å². The number of amides is 3. The lowest BCUT2D eigenvalue weighted by Gasteiger charge is -2.34. The molecule has 0 bridgehead atoms. The highest BCUT2D eigenvalue weighted by atomic mass is 16.6. The second-order valence-electron chi connectivity index (χ2n) is 9.17. The quantitative estimate of drug-likeness (QED) is 0.616. The zero-order valence-corrected chi connectivity index (χ0v) is 20.3. The summed E-state index contributed by atoms with van der Waals surface area (Å²) in [6, 6.07) is 4.98. The van der Waals surface area contributed by atoms with Gasteiger partial charge in [0, 0.05) is 12.6 Å². The first kappa shape index (κ1) is 26.5. The highest BCUT2D eigenvalue weighted by Crippen LogP contribution is 2.28. The van der Waals surface area contributed by atoms with Crippen LogP contribution in [0.5, 0.6) is 0 Å². The summed E-state index contributed by atoms with van der Waals surface area (Å²) in [6.45, 7) is 15.1. The summed E-state index contributed by atoms with van der Waals surface area (Å²) in [5, 5.41) is 5.49. The molecule has 0 saturated carbocycles. The number of carbonyl (C=O) groups is 3. The summed E-state index contributed by atoms with van der Waals surface area (Å²) < 4.78 is 5.23. The van der Waals surface area contributed by atoms with Crippen LogP contribution in [0.3, 0.4) is 0 Å². The summed E-state index contributed by atoms with van der Waals surface area (Å²) in [7, 11) is 0. The number of aryl methyl sites for hydroxylation is 2. The van der Waals surface area contributed by atoms with Crippen molar-refractivity contribution < 1.29 is 19.1 Å². The normalized spacial score (nSPS) is 12.3. The van der Waals surface area contributed by atoms with Gasteiger partial charge in [0.15, 0.2) is 0 Å². The summed E-state index contributed by atoms with van der Waals surface area (Å²) in [5.74, 6) is -0.556. The number of ether oxygens (including phenoxy) is 1. The summed E-state index contributed by atoms with van der Waals surface area (Å²) in [6.07, 6.45) is 0.954. The number of hydrogen-bond donors (Lipinski definition) is 2. The van der Waals surface area contributed by atoms with Gasteiger partial charge in [-0.1, -0.05) is 31.5 Å². The van der Waals surface area contributed by atoms with Gasteiger partial charge in [-0.3, -0.25) is 9.59 Å². The number of alkyl carbamates (subject to hydrolysis) is 1. The third kappa shape index (κ3) is 8.59. The molecule has 0 aliphatic heterocycles. The standard InChI is InChI=1S/C24H39N3O4/c1-9-10-14-27(19(28)15-25-23(30)31-24(6,7)8)21(22(29)26-16(2)3)20-17(4)12-11-13-18(20)5/h11-13,16,21H,9-10,14-15H2,1-8H3,(H,25,30)(H,26,29). The number of rotatable bonds is 9. The minimum atomic E-state index is -0.775. The first-order chi connectivity index (χ1) is 14.4. The number of nitrogens with zero attached hydrogens (tertiary/aromatic N) is 1. The molecule has 1 aromatic carbocycles. The molecule has 0 aliphatic rings. The van der Waals surface area contributed by atoms with E-state index in [-0.39, 0.29) is 24.4 Å². The van der Waals surface area contributed by atoms with Gasteiger partial charge < -0.3 is 20.3 Å². The van der Waals surface area contributed by atoms with Crippen molar-refractivity contribution in [3.63, 3.8) is 0 Å². The lowest BCUT2D eigenvalue weighted by molar-refractivity contribution is -0.140. The topological polar surface area (TPSA) is 87.7 Å². The van der Waals surface area contributed by atoms with Gasteiger partial charge in [0.1, 0.15) is 18.2 Å². The van der Waals surface area contributed by atoms with Gasteiger partial charge >= 0.3 is 6.09 Å². The Labute approximate surface area is 186 Å². The van der Waals surface area contributed by atoms with Crippen LogP contribution < -0.4 is 10.6 Å². The Bertz CT molecular complexity index is 748. The van der Waals surface area contributed by atoms with Crippen LogP contribution >= 0.6 is 0 Å². The van der Waals surface area contributed by atoms with Gasteiger partial charge in [-0.2, -0.15) is 0 Å². The lowest BCUT2D eigenvalue weighted by atomic mass is 9.93. The Morgan fingerprint density at radius 3 is 2.16 bits per heavy atom. The second kappa shape index (κ2) is 11.7. The van der Waals surface area contributed by atoms with E-state index in [0.717, 1.165) is 29.5 Å². The van der Waals surface area contributed by atoms with Crippen LogP contribution in [0.15, 0.2) is 18.2 Å². The molecule has 1 atom stereocenters. The summed E-state index contributed by atoms with van der Waals surface area (Å²) >= 11 is 0. The highest BCUT2D eigenvalue weighted by molar-refractivity contribution is 5.91. The molecule has 31 heavy (non-hydrogen) atoms. The number of unbranched alkanes of at least 4 members (excludes halogenated alkanes) is 1. The molecule has 0 radical (unpaired) electrons. The molecule has 7 heteroatoms. The van der Waals surface area contributed by atoms with Gasteiger partial charge in [0.25, 0.3) is 0 Å². The molecule has 0 aliphatic carbocycles. The second-order valence-corrected chi connectivity index (χ2v) is 9.17. The molecule has 2 N–H and O–H groups in total. The SMILES string of the molecule is CCCCN(C(=O)CNC(=O)OC(C)(C)C)C(C(=O)NC(C)C)c1c(C)cccc1C. The molecule has 7 nitrogen and oxygen atoms in total. The van der Waals surface area contributed by atoms with Crippen LogP contribution in [0.1, 0.15) is 77.1 Å². The smallest absolute Gasteiger partial charge is 0.408 e. The third-order valence-corrected chi connectivity index (χ3v) is 4.66. The molecule has 0 heterocycles. The van der Waals surface area contributed by atoms with Crippen molar-refractivity contribution in [2.24, 2.45) is 0 Å². The molecule has 0 fully saturated rings. The molecule has 1 unspecified atom stereocenters. The fraction of sp³-hybridized carbons (Fsp3) is 0.625. The Morgan fingerprint density at radius 2 is 1.68 bits per heavy atom. The zero-order chi connectivity index (χ0) is 23.8. The van der Waals surface area contributed by atoms with E-state index in [4.69, 9.17) is 4.74 Å². The van der Waals surface area contributed by atoms with Crippen molar-refractivity contribution in [3.8, 4) is 0 Å². The van der Waals surface area contributed by atoms with Crippen LogP contribution in [-0.2, 0) is 14.3 Å². The zero-order valence-electron chi connectivity index (χ0n) is 20.3. The molecule has 1 rings (SSSR count). The summed E-state index contributed by atoms with van der Waals surface area (Å²) in [5.41, 5.74) is 2.05. The van der Waals surface area contributed by atoms with Gasteiger partial charge in [-0.05, 0) is 71.6 Å². The maximum absolute atomic E-state index is 13.3. The van der Waals surface area contributed by atoms with E-state index in [9.17, 15) is 14.4 Å². The number of nitrogens with one attached hydrogen (secondary N) is 2. The van der Waals surface area contributed by atoms with Crippen molar-refractivity contribution >= 4 is 17.9 Å². The van der Waals surface area contributed by atoms with Gasteiger partial charge in [-0.25, -0.2) is 4.79 Å². The average Bonchev–Trinajstić information content (AvgIpc) is 2.62. The third-order valence-electron chi connectivity index (χ3n) is 4.66. The number of benzene rings is 1. The predicted octanol–water partition coefficient (Wildman–Crippen LogP) is 4.02. The van der Waals surface area contributed by atoms with Crippen LogP contribution in [0.2, 0.25) is 0 Å². The Kier molecular flexibility index (Phi) is 10.0. The number of hydrogen-bond acceptors (Lipinski definition) is 4. The molecule has 0 spiro atoms. The Hall–Kier alpha value is -2.57. The average molecular weight is 434 g/mol. The fourth-order valence-electron chi connectivity index (χ4n) is 3.34. The molecule has 0 saturated heterocycles. The van der Waals surface area contributed by atoms with E-state index in [1.807, 2.05) is 52.8 Å². The first-order valence-corrected chi connectivity index (χ1v) is 11.0. The molecule has 174 valence electrons. The molecule has 3 amide bonds. The van der Waals surface area contributed by atoms with E-state index in [2.05, 4.69) is 10.6 Å². The van der Waals surface area contributed by atoms with Crippen molar-refractivity contribution in [1.29, 1.82) is 0 Å². The van der Waals surface area contributed by atoms with Crippen molar-refractivity contribution in [3.05, 3.63) is 34.9 Å². The molecular formula is C24H39N3O4.